The molecule has 0 aliphatic carbocycles. The molecule has 0 saturated heterocycles. The summed E-state index contributed by atoms with van der Waals surface area (Å²) in [5.74, 6) is -2.05. The van der Waals surface area contributed by atoms with Gasteiger partial charge in [0.25, 0.3) is 5.91 Å². The number of para-hydroxylation sites is 1. The Morgan fingerprint density at radius 3 is 2.38 bits per heavy atom. The lowest BCUT2D eigenvalue weighted by Crippen LogP contribution is -2.18. The van der Waals surface area contributed by atoms with Crippen molar-refractivity contribution < 1.29 is 24.0 Å². The molecule has 0 bridgehead atoms. The SMILES string of the molecule is CC(=O)Nc1ccc(C(=O)N/N=C/c2cccc([N+](=O)[O-])c2OC(=O)c2ccccc2Cl)cc1. The molecule has 10 nitrogen and oxygen atoms in total. The first-order valence-electron chi connectivity index (χ1n) is 9.71. The number of hydrogen-bond acceptors (Lipinski definition) is 7. The van der Waals surface area contributed by atoms with E-state index in [0.29, 0.717) is 5.69 Å². The predicted octanol–water partition coefficient (Wildman–Crippen LogP) is 4.19. The number of carbonyl (C=O) groups is 3. The van der Waals surface area contributed by atoms with Crippen molar-refractivity contribution >= 4 is 47.0 Å². The summed E-state index contributed by atoms with van der Waals surface area (Å²) in [5.41, 5.74) is 2.71. The molecule has 3 aromatic rings. The van der Waals surface area contributed by atoms with Crippen molar-refractivity contribution in [1.29, 1.82) is 0 Å². The van der Waals surface area contributed by atoms with Crippen LogP contribution in [0.1, 0.15) is 33.2 Å². The second-order valence-corrected chi connectivity index (χ2v) is 7.19. The number of amides is 2. The van der Waals surface area contributed by atoms with E-state index >= 15 is 0 Å². The molecule has 11 heteroatoms. The highest BCUT2D eigenvalue weighted by Crippen LogP contribution is 2.31. The van der Waals surface area contributed by atoms with Gasteiger partial charge in [-0.15, -0.1) is 0 Å². The maximum Gasteiger partial charge on any atom is 0.345 e. The lowest BCUT2D eigenvalue weighted by atomic mass is 10.1. The zero-order chi connectivity index (χ0) is 24.7. The smallest absolute Gasteiger partial charge is 0.345 e. The molecule has 0 aliphatic heterocycles. The first-order valence-corrected chi connectivity index (χ1v) is 10.1. The number of nitro groups is 1. The fourth-order valence-electron chi connectivity index (χ4n) is 2.81. The number of ether oxygens (including phenoxy) is 1. The van der Waals surface area contributed by atoms with Gasteiger partial charge in [0, 0.05) is 29.8 Å². The molecule has 0 radical (unpaired) electrons. The summed E-state index contributed by atoms with van der Waals surface area (Å²) in [4.78, 5) is 46.7. The minimum Gasteiger partial charge on any atom is -0.415 e. The zero-order valence-electron chi connectivity index (χ0n) is 17.7. The van der Waals surface area contributed by atoms with E-state index in [1.165, 1.54) is 49.4 Å². The van der Waals surface area contributed by atoms with E-state index < -0.39 is 22.5 Å². The zero-order valence-corrected chi connectivity index (χ0v) is 18.4. The summed E-state index contributed by atoms with van der Waals surface area (Å²) < 4.78 is 5.29. The van der Waals surface area contributed by atoms with Gasteiger partial charge < -0.3 is 10.1 Å². The highest BCUT2D eigenvalue weighted by atomic mass is 35.5. The van der Waals surface area contributed by atoms with Crippen molar-refractivity contribution in [3.8, 4) is 5.75 Å². The van der Waals surface area contributed by atoms with Crippen LogP contribution in [0, 0.1) is 10.1 Å². The molecule has 0 heterocycles. The van der Waals surface area contributed by atoms with Gasteiger partial charge in [0.1, 0.15) is 0 Å². The summed E-state index contributed by atoms with van der Waals surface area (Å²) in [5, 5.41) is 18.0. The van der Waals surface area contributed by atoms with Crippen LogP contribution in [0.2, 0.25) is 5.02 Å². The van der Waals surface area contributed by atoms with Gasteiger partial charge in [0.05, 0.1) is 21.7 Å². The number of carbonyl (C=O) groups excluding carboxylic acids is 3. The number of rotatable bonds is 7. The first kappa shape index (κ1) is 24.1. The van der Waals surface area contributed by atoms with Crippen LogP contribution in [0.15, 0.2) is 71.8 Å². The maximum absolute atomic E-state index is 12.6. The van der Waals surface area contributed by atoms with E-state index in [2.05, 4.69) is 15.8 Å². The molecule has 0 saturated carbocycles. The van der Waals surface area contributed by atoms with Crippen LogP contribution in [0.25, 0.3) is 0 Å². The highest BCUT2D eigenvalue weighted by molar-refractivity contribution is 6.33. The standard InChI is InChI=1S/C23H17ClN4O6/c1-14(29)26-17-11-9-15(10-12-17)22(30)27-25-13-16-5-4-8-20(28(32)33)21(16)34-23(31)18-6-2-3-7-19(18)24/h2-13H,1H3,(H,26,29)(H,27,30)/b25-13+. The van der Waals surface area contributed by atoms with Crippen LogP contribution in [0.3, 0.4) is 0 Å². The molecule has 2 N–H and O–H groups in total. The predicted molar refractivity (Wildman–Crippen MR) is 125 cm³/mol. The average molecular weight is 481 g/mol. The van der Waals surface area contributed by atoms with Crippen molar-refractivity contribution in [1.82, 2.24) is 5.43 Å². The summed E-state index contributed by atoms with van der Waals surface area (Å²) in [7, 11) is 0. The molecule has 0 aliphatic rings. The quantitative estimate of drug-likeness (QED) is 0.171. The molecule has 3 rings (SSSR count). The normalized spacial score (nSPS) is 10.5. The second kappa shape index (κ2) is 10.8. The van der Waals surface area contributed by atoms with Crippen molar-refractivity contribution in [2.45, 2.75) is 6.92 Å². The van der Waals surface area contributed by atoms with E-state index in [9.17, 15) is 24.5 Å². The van der Waals surface area contributed by atoms with Crippen molar-refractivity contribution in [3.05, 3.63) is 98.6 Å². The molecule has 3 aromatic carbocycles. The van der Waals surface area contributed by atoms with Gasteiger partial charge in [0.2, 0.25) is 11.7 Å². The number of benzene rings is 3. The van der Waals surface area contributed by atoms with Crippen LogP contribution in [-0.4, -0.2) is 28.9 Å². The van der Waals surface area contributed by atoms with Crippen LogP contribution >= 0.6 is 11.6 Å². The third kappa shape index (κ3) is 6.02. The fraction of sp³-hybridized carbons (Fsp3) is 0.0435. The molecular formula is C23H17ClN4O6. The first-order chi connectivity index (χ1) is 16.3. The van der Waals surface area contributed by atoms with Crippen LogP contribution in [-0.2, 0) is 4.79 Å². The third-order valence-corrected chi connectivity index (χ3v) is 4.68. The Balaban J connectivity index is 1.80. The van der Waals surface area contributed by atoms with E-state index in [1.54, 1.807) is 24.3 Å². The van der Waals surface area contributed by atoms with E-state index in [1.807, 2.05) is 0 Å². The van der Waals surface area contributed by atoms with Crippen molar-refractivity contribution in [2.24, 2.45) is 5.10 Å². The Labute approximate surface area is 198 Å². The Kier molecular flexibility index (Phi) is 7.67. The van der Waals surface area contributed by atoms with Gasteiger partial charge in [-0.3, -0.25) is 19.7 Å². The number of nitrogens with zero attached hydrogens (tertiary/aromatic N) is 2. The van der Waals surface area contributed by atoms with Crippen molar-refractivity contribution in [3.63, 3.8) is 0 Å². The third-order valence-electron chi connectivity index (χ3n) is 4.35. The van der Waals surface area contributed by atoms with Gasteiger partial charge in [-0.05, 0) is 42.5 Å². The molecule has 0 spiro atoms. The van der Waals surface area contributed by atoms with Crippen LogP contribution < -0.4 is 15.5 Å². The molecule has 172 valence electrons. The second-order valence-electron chi connectivity index (χ2n) is 6.78. The van der Waals surface area contributed by atoms with Gasteiger partial charge in [-0.1, -0.05) is 29.8 Å². The Bertz CT molecular complexity index is 1290. The lowest BCUT2D eigenvalue weighted by Gasteiger charge is -2.09. The Morgan fingerprint density at radius 2 is 1.74 bits per heavy atom. The van der Waals surface area contributed by atoms with E-state index in [-0.39, 0.29) is 33.4 Å². The number of hydrogen-bond donors (Lipinski definition) is 2. The molecule has 0 aromatic heterocycles. The van der Waals surface area contributed by atoms with Gasteiger partial charge in [0.15, 0.2) is 0 Å². The fourth-order valence-corrected chi connectivity index (χ4v) is 3.02. The Morgan fingerprint density at radius 1 is 1.03 bits per heavy atom. The number of nitro benzene ring substituents is 1. The van der Waals surface area contributed by atoms with Gasteiger partial charge >= 0.3 is 11.7 Å². The number of halogens is 1. The molecule has 2 amide bonds. The number of esters is 1. The molecular weight excluding hydrogens is 464 g/mol. The van der Waals surface area contributed by atoms with Crippen LogP contribution in [0.5, 0.6) is 5.75 Å². The topological polar surface area (TPSA) is 140 Å². The summed E-state index contributed by atoms with van der Waals surface area (Å²) in [6.45, 7) is 1.36. The lowest BCUT2D eigenvalue weighted by molar-refractivity contribution is -0.385. The molecule has 34 heavy (non-hydrogen) atoms. The number of nitrogens with one attached hydrogen (secondary N) is 2. The minimum atomic E-state index is -0.891. The minimum absolute atomic E-state index is 0.0289. The van der Waals surface area contributed by atoms with Crippen LogP contribution in [0.4, 0.5) is 11.4 Å². The summed E-state index contributed by atoms with van der Waals surface area (Å²) in [6, 6.07) is 16.2. The number of hydrazone groups is 1. The summed E-state index contributed by atoms with van der Waals surface area (Å²) >= 11 is 6.01. The Hall–Kier alpha value is -4.57. The highest BCUT2D eigenvalue weighted by Gasteiger charge is 2.23. The average Bonchev–Trinajstić information content (AvgIpc) is 2.80. The van der Waals surface area contributed by atoms with E-state index in [4.69, 9.17) is 16.3 Å². The molecule has 0 atom stereocenters. The van der Waals surface area contributed by atoms with Gasteiger partial charge in [-0.25, -0.2) is 10.2 Å². The van der Waals surface area contributed by atoms with E-state index in [0.717, 1.165) is 6.21 Å². The molecule has 0 fully saturated rings. The molecule has 0 unspecified atom stereocenters. The van der Waals surface area contributed by atoms with Gasteiger partial charge in [-0.2, -0.15) is 5.10 Å². The monoisotopic (exact) mass is 480 g/mol. The number of anilines is 1. The van der Waals surface area contributed by atoms with Crippen molar-refractivity contribution in [2.75, 3.05) is 5.32 Å². The summed E-state index contributed by atoms with van der Waals surface area (Å²) in [6.07, 6.45) is 1.12. The maximum atomic E-state index is 12.6. The largest absolute Gasteiger partial charge is 0.415 e.